The Balaban J connectivity index is 1.38. The standard InChI is InChI=1S/C24H24N2O3/c1-2-17-9-10-18(16-20(17)27)23(28)25-14-11-24(12-15-25)22-8-5-13-26(22)19-6-3-4-7-21(19)29-24/h3-10,13,16,27H,2,11-12,14-15H2,1H3. The van der Waals surface area contributed by atoms with Gasteiger partial charge < -0.3 is 19.3 Å². The van der Waals surface area contributed by atoms with Gasteiger partial charge in [-0.15, -0.1) is 0 Å². The number of phenolic OH excluding ortho intramolecular Hbond substituents is 1. The minimum absolute atomic E-state index is 0.0376. The summed E-state index contributed by atoms with van der Waals surface area (Å²) >= 11 is 0. The van der Waals surface area contributed by atoms with Crippen LogP contribution in [-0.2, 0) is 12.0 Å². The van der Waals surface area contributed by atoms with E-state index in [4.69, 9.17) is 4.74 Å². The number of rotatable bonds is 2. The van der Waals surface area contributed by atoms with Crippen LogP contribution < -0.4 is 4.74 Å². The number of carbonyl (C=O) groups is 1. The number of para-hydroxylation sites is 2. The lowest BCUT2D eigenvalue weighted by atomic mass is 9.86. The highest BCUT2D eigenvalue weighted by molar-refractivity contribution is 5.94. The van der Waals surface area contributed by atoms with Crippen LogP contribution in [-0.4, -0.2) is 33.6 Å². The zero-order valence-corrected chi connectivity index (χ0v) is 16.5. The second-order valence-corrected chi connectivity index (χ2v) is 7.82. The van der Waals surface area contributed by atoms with E-state index in [1.807, 2.05) is 42.2 Å². The zero-order chi connectivity index (χ0) is 20.0. The van der Waals surface area contributed by atoms with E-state index in [9.17, 15) is 9.90 Å². The van der Waals surface area contributed by atoms with Gasteiger partial charge in [-0.2, -0.15) is 0 Å². The molecule has 1 aromatic heterocycles. The second-order valence-electron chi connectivity index (χ2n) is 7.82. The number of carbonyl (C=O) groups excluding carboxylic acids is 1. The Bertz CT molecular complexity index is 1080. The summed E-state index contributed by atoms with van der Waals surface area (Å²) in [5, 5.41) is 10.1. The average molecular weight is 388 g/mol. The maximum atomic E-state index is 13.0. The van der Waals surface area contributed by atoms with Crippen molar-refractivity contribution in [3.05, 3.63) is 77.6 Å². The Morgan fingerprint density at radius 2 is 1.90 bits per heavy atom. The van der Waals surface area contributed by atoms with Gasteiger partial charge >= 0.3 is 0 Å². The van der Waals surface area contributed by atoms with Crippen molar-refractivity contribution in [2.24, 2.45) is 0 Å². The number of piperidine rings is 1. The van der Waals surface area contributed by atoms with Crippen molar-refractivity contribution in [1.29, 1.82) is 0 Å². The number of aromatic nitrogens is 1. The Morgan fingerprint density at radius 3 is 2.66 bits per heavy atom. The quantitative estimate of drug-likeness (QED) is 0.713. The number of likely N-dealkylation sites (tertiary alicyclic amines) is 1. The van der Waals surface area contributed by atoms with Crippen LogP contribution in [0.5, 0.6) is 11.5 Å². The lowest BCUT2D eigenvalue weighted by molar-refractivity contribution is -0.00931. The number of phenols is 1. The average Bonchev–Trinajstić information content (AvgIpc) is 3.25. The Kier molecular flexibility index (Phi) is 4.12. The van der Waals surface area contributed by atoms with E-state index in [0.29, 0.717) is 18.7 Å². The molecule has 1 spiro atoms. The number of amides is 1. The third-order valence-corrected chi connectivity index (χ3v) is 6.22. The van der Waals surface area contributed by atoms with Crippen molar-refractivity contribution < 1.29 is 14.6 Å². The SMILES string of the molecule is CCc1ccc(C(=O)N2CCC3(CC2)Oc2ccccc2-n2cccc23)cc1O. The first-order valence-electron chi connectivity index (χ1n) is 10.2. The van der Waals surface area contributed by atoms with Crippen molar-refractivity contribution in [3.8, 4) is 17.2 Å². The third kappa shape index (κ3) is 2.80. The molecule has 148 valence electrons. The van der Waals surface area contributed by atoms with Crippen molar-refractivity contribution >= 4 is 5.91 Å². The summed E-state index contributed by atoms with van der Waals surface area (Å²) < 4.78 is 8.74. The third-order valence-electron chi connectivity index (χ3n) is 6.22. The van der Waals surface area contributed by atoms with E-state index in [1.165, 1.54) is 0 Å². The summed E-state index contributed by atoms with van der Waals surface area (Å²) in [6, 6.07) is 17.5. The van der Waals surface area contributed by atoms with Gasteiger partial charge in [-0.05, 0) is 48.4 Å². The maximum Gasteiger partial charge on any atom is 0.253 e. The normalized spacial score (nSPS) is 16.8. The molecule has 2 aliphatic heterocycles. The molecule has 3 aromatic rings. The second kappa shape index (κ2) is 6.69. The highest BCUT2D eigenvalue weighted by Crippen LogP contribution is 2.45. The van der Waals surface area contributed by atoms with E-state index < -0.39 is 5.60 Å². The largest absolute Gasteiger partial charge is 0.508 e. The van der Waals surface area contributed by atoms with Crippen LogP contribution in [0, 0.1) is 0 Å². The van der Waals surface area contributed by atoms with Gasteiger partial charge in [-0.3, -0.25) is 4.79 Å². The fourth-order valence-corrected chi connectivity index (χ4v) is 4.58. The van der Waals surface area contributed by atoms with Crippen LogP contribution in [0.4, 0.5) is 0 Å². The molecule has 5 heteroatoms. The molecule has 2 aromatic carbocycles. The smallest absolute Gasteiger partial charge is 0.253 e. The molecule has 0 saturated carbocycles. The van der Waals surface area contributed by atoms with Crippen LogP contribution in [0.15, 0.2) is 60.8 Å². The molecule has 0 aliphatic carbocycles. The first kappa shape index (κ1) is 17.9. The van der Waals surface area contributed by atoms with Crippen LogP contribution in [0.25, 0.3) is 5.69 Å². The first-order valence-corrected chi connectivity index (χ1v) is 10.2. The summed E-state index contributed by atoms with van der Waals surface area (Å²) in [4.78, 5) is 14.8. The van der Waals surface area contributed by atoms with Crippen LogP contribution >= 0.6 is 0 Å². The number of hydrogen-bond donors (Lipinski definition) is 1. The number of hydrogen-bond acceptors (Lipinski definition) is 3. The number of fused-ring (bicyclic) bond motifs is 4. The van der Waals surface area contributed by atoms with E-state index in [1.54, 1.807) is 6.07 Å². The highest BCUT2D eigenvalue weighted by Gasteiger charge is 2.44. The van der Waals surface area contributed by atoms with E-state index in [2.05, 4.69) is 29.0 Å². The molecule has 2 aliphatic rings. The van der Waals surface area contributed by atoms with Gasteiger partial charge in [-0.25, -0.2) is 0 Å². The fourth-order valence-electron chi connectivity index (χ4n) is 4.58. The summed E-state index contributed by atoms with van der Waals surface area (Å²) in [5.41, 5.74) is 3.18. The maximum absolute atomic E-state index is 13.0. The molecule has 0 radical (unpaired) electrons. The Hall–Kier alpha value is -3.21. The summed E-state index contributed by atoms with van der Waals surface area (Å²) in [5.74, 6) is 1.04. The van der Waals surface area contributed by atoms with Gasteiger partial charge in [0.15, 0.2) is 5.60 Å². The van der Waals surface area contributed by atoms with Gasteiger partial charge in [0.25, 0.3) is 5.91 Å². The molecule has 0 unspecified atom stereocenters. The van der Waals surface area contributed by atoms with Crippen molar-refractivity contribution in [3.63, 3.8) is 0 Å². The zero-order valence-electron chi connectivity index (χ0n) is 16.5. The molecular formula is C24H24N2O3. The van der Waals surface area contributed by atoms with E-state index >= 15 is 0 Å². The minimum atomic E-state index is -0.414. The molecule has 0 atom stereocenters. The van der Waals surface area contributed by atoms with Gasteiger partial charge in [0.05, 0.1) is 11.4 Å². The fraction of sp³-hybridized carbons (Fsp3) is 0.292. The van der Waals surface area contributed by atoms with Crippen LogP contribution in [0.2, 0.25) is 0 Å². The van der Waals surface area contributed by atoms with Crippen LogP contribution in [0.3, 0.4) is 0 Å². The van der Waals surface area contributed by atoms with Gasteiger partial charge in [0.1, 0.15) is 11.5 Å². The topological polar surface area (TPSA) is 54.7 Å². The molecule has 1 fully saturated rings. The molecule has 5 nitrogen and oxygen atoms in total. The van der Waals surface area contributed by atoms with Crippen molar-refractivity contribution in [2.45, 2.75) is 31.8 Å². The number of aryl methyl sites for hydroxylation is 1. The lowest BCUT2D eigenvalue weighted by Crippen LogP contribution is -2.50. The van der Waals surface area contributed by atoms with Gasteiger partial charge in [0, 0.05) is 37.7 Å². The molecular weight excluding hydrogens is 364 g/mol. The minimum Gasteiger partial charge on any atom is -0.508 e. The highest BCUT2D eigenvalue weighted by atomic mass is 16.5. The predicted molar refractivity (Wildman–Crippen MR) is 111 cm³/mol. The molecule has 29 heavy (non-hydrogen) atoms. The monoisotopic (exact) mass is 388 g/mol. The molecule has 5 rings (SSSR count). The van der Waals surface area contributed by atoms with E-state index in [0.717, 1.165) is 42.0 Å². The van der Waals surface area contributed by atoms with E-state index in [-0.39, 0.29) is 11.7 Å². The van der Waals surface area contributed by atoms with Crippen molar-refractivity contribution in [2.75, 3.05) is 13.1 Å². The summed E-state index contributed by atoms with van der Waals surface area (Å²) in [7, 11) is 0. The molecule has 0 bridgehead atoms. The number of ether oxygens (including phenoxy) is 1. The molecule has 1 amide bonds. The Morgan fingerprint density at radius 1 is 1.10 bits per heavy atom. The van der Waals surface area contributed by atoms with Gasteiger partial charge in [-0.1, -0.05) is 25.1 Å². The summed E-state index contributed by atoms with van der Waals surface area (Å²) in [6.45, 7) is 3.21. The predicted octanol–water partition coefficient (Wildman–Crippen LogP) is 4.27. The molecule has 1 N–H and O–H groups in total. The van der Waals surface area contributed by atoms with Gasteiger partial charge in [0.2, 0.25) is 0 Å². The molecule has 3 heterocycles. The molecule has 1 saturated heterocycles. The number of benzene rings is 2. The lowest BCUT2D eigenvalue weighted by Gasteiger charge is -2.45. The first-order chi connectivity index (χ1) is 14.1. The number of aromatic hydroxyl groups is 1. The van der Waals surface area contributed by atoms with Crippen LogP contribution in [0.1, 0.15) is 41.4 Å². The Labute approximate surface area is 170 Å². The number of nitrogens with zero attached hydrogens (tertiary/aromatic N) is 2. The van der Waals surface area contributed by atoms with Crippen molar-refractivity contribution in [1.82, 2.24) is 9.47 Å². The summed E-state index contributed by atoms with van der Waals surface area (Å²) in [6.07, 6.45) is 4.28.